The number of hydrogen-bond donors (Lipinski definition) is 1. The first kappa shape index (κ1) is 30.5. The Morgan fingerprint density at radius 3 is 2.26 bits per heavy atom. The van der Waals surface area contributed by atoms with E-state index in [9.17, 15) is 18.0 Å². The van der Waals surface area contributed by atoms with E-state index in [2.05, 4.69) is 5.32 Å². The average Bonchev–Trinajstić information content (AvgIpc) is 2.93. The number of nitrogens with one attached hydrogen (secondary N) is 1. The number of carbonyl (C=O) groups is 2. The molecule has 208 valence electrons. The Hall–Kier alpha value is -3.07. The number of unbranched alkanes of at least 4 members (excludes halogenated alkanes) is 1. The van der Waals surface area contributed by atoms with Crippen LogP contribution < -0.4 is 9.62 Å². The Bertz CT molecular complexity index is 1380. The lowest BCUT2D eigenvalue weighted by Crippen LogP contribution is -2.51. The molecular weight excluding hydrogens is 557 g/mol. The zero-order valence-corrected chi connectivity index (χ0v) is 24.6. The molecule has 0 heterocycles. The van der Waals surface area contributed by atoms with Crippen molar-refractivity contribution in [3.8, 4) is 0 Å². The maximum absolute atomic E-state index is 13.9. The van der Waals surface area contributed by atoms with Crippen molar-refractivity contribution in [3.05, 3.63) is 94.0 Å². The summed E-state index contributed by atoms with van der Waals surface area (Å²) in [7, 11) is -4.15. The molecule has 0 radical (unpaired) electrons. The molecule has 3 aromatic carbocycles. The van der Waals surface area contributed by atoms with Crippen LogP contribution in [0.25, 0.3) is 0 Å². The molecule has 0 saturated heterocycles. The highest BCUT2D eigenvalue weighted by Gasteiger charge is 2.32. The fraction of sp³-hybridized carbons (Fsp3) is 0.310. The molecule has 3 rings (SSSR count). The van der Waals surface area contributed by atoms with E-state index in [4.69, 9.17) is 23.2 Å². The molecule has 0 aliphatic carbocycles. The number of carbonyl (C=O) groups excluding carboxylic acids is 2. The molecule has 10 heteroatoms. The smallest absolute Gasteiger partial charge is 0.264 e. The number of aryl methyl sites for hydroxylation is 1. The van der Waals surface area contributed by atoms with E-state index in [0.717, 1.165) is 28.3 Å². The van der Waals surface area contributed by atoms with Crippen molar-refractivity contribution in [1.82, 2.24) is 10.2 Å². The zero-order valence-electron chi connectivity index (χ0n) is 22.2. The molecule has 0 spiro atoms. The predicted octanol–water partition coefficient (Wildman–Crippen LogP) is 5.83. The predicted molar refractivity (Wildman–Crippen MR) is 157 cm³/mol. The summed E-state index contributed by atoms with van der Waals surface area (Å²) in [5.41, 5.74) is 1.76. The first-order valence-corrected chi connectivity index (χ1v) is 14.9. The van der Waals surface area contributed by atoms with Crippen LogP contribution in [0.3, 0.4) is 0 Å². The second-order valence-corrected chi connectivity index (χ2v) is 11.9. The van der Waals surface area contributed by atoms with Gasteiger partial charge in [-0.3, -0.25) is 13.9 Å². The normalized spacial score (nSPS) is 12.0. The number of rotatable bonds is 12. The maximum Gasteiger partial charge on any atom is 0.264 e. The van der Waals surface area contributed by atoms with Gasteiger partial charge >= 0.3 is 0 Å². The lowest BCUT2D eigenvalue weighted by Gasteiger charge is -2.32. The van der Waals surface area contributed by atoms with Crippen LogP contribution in [0.2, 0.25) is 10.0 Å². The molecule has 0 fully saturated rings. The minimum absolute atomic E-state index is 0.0316. The van der Waals surface area contributed by atoms with Gasteiger partial charge in [0.2, 0.25) is 11.8 Å². The molecule has 1 N–H and O–H groups in total. The Labute approximate surface area is 240 Å². The number of anilines is 1. The van der Waals surface area contributed by atoms with Gasteiger partial charge in [-0.05, 0) is 67.8 Å². The van der Waals surface area contributed by atoms with E-state index >= 15 is 0 Å². The molecule has 0 aromatic heterocycles. The fourth-order valence-corrected chi connectivity index (χ4v) is 5.62. The van der Waals surface area contributed by atoms with Gasteiger partial charge in [0.15, 0.2) is 0 Å². The van der Waals surface area contributed by atoms with Gasteiger partial charge in [-0.2, -0.15) is 0 Å². The highest BCUT2D eigenvalue weighted by atomic mass is 35.5. The largest absolute Gasteiger partial charge is 0.354 e. The van der Waals surface area contributed by atoms with Crippen molar-refractivity contribution >= 4 is 50.7 Å². The molecule has 0 unspecified atom stereocenters. The molecule has 3 aromatic rings. The lowest BCUT2D eigenvalue weighted by molar-refractivity contribution is -0.139. The quantitative estimate of drug-likeness (QED) is 0.269. The first-order chi connectivity index (χ1) is 18.5. The molecule has 0 aliphatic heterocycles. The standard InChI is InChI=1S/C29H33Cl2N3O4S/c1-4-5-17-32-29(36)22(3)33(19-23-12-14-24(30)15-13-23)28(35)20-34(25-16-11-21(2)27(31)18-25)39(37,38)26-9-7-6-8-10-26/h6-16,18,22H,4-5,17,19-20H2,1-3H3,(H,32,36)/t22-/m1/s1. The molecule has 39 heavy (non-hydrogen) atoms. The second-order valence-electron chi connectivity index (χ2n) is 9.23. The summed E-state index contributed by atoms with van der Waals surface area (Å²) in [6.07, 6.45) is 1.72. The van der Waals surface area contributed by atoms with Crippen molar-refractivity contribution < 1.29 is 18.0 Å². The summed E-state index contributed by atoms with van der Waals surface area (Å²) in [5.74, 6) is -0.860. The summed E-state index contributed by atoms with van der Waals surface area (Å²) < 4.78 is 28.6. The van der Waals surface area contributed by atoms with Crippen molar-refractivity contribution in [1.29, 1.82) is 0 Å². The summed E-state index contributed by atoms with van der Waals surface area (Å²) in [6.45, 7) is 5.50. The van der Waals surface area contributed by atoms with Crippen LogP contribution in [0.4, 0.5) is 5.69 Å². The molecule has 0 saturated carbocycles. The third kappa shape index (κ3) is 7.97. The molecular formula is C29H33Cl2N3O4S. The molecule has 0 aliphatic rings. The van der Waals surface area contributed by atoms with E-state index in [1.54, 1.807) is 68.4 Å². The van der Waals surface area contributed by atoms with Crippen LogP contribution in [0.1, 0.15) is 37.8 Å². The maximum atomic E-state index is 13.9. The SMILES string of the molecule is CCCCNC(=O)[C@@H](C)N(Cc1ccc(Cl)cc1)C(=O)CN(c1ccc(C)c(Cl)c1)S(=O)(=O)c1ccccc1. The van der Waals surface area contributed by atoms with Crippen LogP contribution in [-0.4, -0.2) is 44.3 Å². The minimum Gasteiger partial charge on any atom is -0.354 e. The lowest BCUT2D eigenvalue weighted by atomic mass is 10.1. The van der Waals surface area contributed by atoms with Crippen LogP contribution in [-0.2, 0) is 26.2 Å². The number of benzene rings is 3. The monoisotopic (exact) mass is 589 g/mol. The van der Waals surface area contributed by atoms with Crippen molar-refractivity contribution in [2.24, 2.45) is 0 Å². The van der Waals surface area contributed by atoms with Crippen molar-refractivity contribution in [2.45, 2.75) is 51.1 Å². The summed E-state index contributed by atoms with van der Waals surface area (Å²) in [6, 6.07) is 18.8. The topological polar surface area (TPSA) is 86.8 Å². The summed E-state index contributed by atoms with van der Waals surface area (Å²) >= 11 is 12.4. The number of halogens is 2. The van der Waals surface area contributed by atoms with Gasteiger partial charge in [0.25, 0.3) is 10.0 Å². The average molecular weight is 591 g/mol. The Balaban J connectivity index is 2.00. The highest BCUT2D eigenvalue weighted by Crippen LogP contribution is 2.28. The van der Waals surface area contributed by atoms with Gasteiger partial charge in [0.1, 0.15) is 12.6 Å². The Morgan fingerprint density at radius 2 is 1.64 bits per heavy atom. The van der Waals surface area contributed by atoms with Gasteiger partial charge in [-0.15, -0.1) is 0 Å². The number of sulfonamides is 1. The van der Waals surface area contributed by atoms with E-state index in [0.29, 0.717) is 16.6 Å². The highest BCUT2D eigenvalue weighted by molar-refractivity contribution is 7.92. The third-order valence-electron chi connectivity index (χ3n) is 6.32. The third-order valence-corrected chi connectivity index (χ3v) is 8.76. The summed E-state index contributed by atoms with van der Waals surface area (Å²) in [4.78, 5) is 28.3. The molecule has 2 amide bonds. The van der Waals surface area contributed by atoms with Gasteiger partial charge < -0.3 is 10.2 Å². The fourth-order valence-electron chi connectivity index (χ4n) is 3.89. The Kier molecular flexibility index (Phi) is 10.8. The molecule has 7 nitrogen and oxygen atoms in total. The van der Waals surface area contributed by atoms with Crippen LogP contribution in [0.5, 0.6) is 0 Å². The number of nitrogens with zero attached hydrogens (tertiary/aromatic N) is 2. The number of hydrogen-bond acceptors (Lipinski definition) is 4. The van der Waals surface area contributed by atoms with Gasteiger partial charge in [-0.25, -0.2) is 8.42 Å². The van der Waals surface area contributed by atoms with Crippen molar-refractivity contribution in [3.63, 3.8) is 0 Å². The van der Waals surface area contributed by atoms with Crippen LogP contribution >= 0.6 is 23.2 Å². The van der Waals surface area contributed by atoms with E-state index < -0.39 is 28.5 Å². The van der Waals surface area contributed by atoms with Crippen LogP contribution in [0, 0.1) is 6.92 Å². The van der Waals surface area contributed by atoms with E-state index in [-0.39, 0.29) is 23.0 Å². The van der Waals surface area contributed by atoms with Gasteiger partial charge in [0, 0.05) is 23.1 Å². The second kappa shape index (κ2) is 13.8. The van der Waals surface area contributed by atoms with E-state index in [1.807, 2.05) is 6.92 Å². The number of amides is 2. The first-order valence-electron chi connectivity index (χ1n) is 12.7. The van der Waals surface area contributed by atoms with E-state index in [1.165, 1.54) is 23.1 Å². The minimum atomic E-state index is -4.15. The van der Waals surface area contributed by atoms with Crippen LogP contribution in [0.15, 0.2) is 77.7 Å². The molecule has 0 bridgehead atoms. The van der Waals surface area contributed by atoms with Gasteiger partial charge in [-0.1, -0.05) is 72.9 Å². The van der Waals surface area contributed by atoms with Gasteiger partial charge in [0.05, 0.1) is 10.6 Å². The molecule has 1 atom stereocenters. The van der Waals surface area contributed by atoms with Crippen molar-refractivity contribution in [2.75, 3.05) is 17.4 Å². The zero-order chi connectivity index (χ0) is 28.6. The summed E-state index contributed by atoms with van der Waals surface area (Å²) in [5, 5.41) is 3.78. The Morgan fingerprint density at radius 1 is 0.974 bits per heavy atom.